The van der Waals surface area contributed by atoms with Crippen molar-refractivity contribution in [1.29, 1.82) is 0 Å². The summed E-state index contributed by atoms with van der Waals surface area (Å²) in [4.78, 5) is 53.9. The van der Waals surface area contributed by atoms with Crippen LogP contribution >= 0.6 is 46.4 Å². The van der Waals surface area contributed by atoms with Crippen LogP contribution in [0.25, 0.3) is 0 Å². The number of hydrogen-bond donors (Lipinski definition) is 2. The Bertz CT molecular complexity index is 1270. The summed E-state index contributed by atoms with van der Waals surface area (Å²) in [7, 11) is 3.21. The second-order valence-corrected chi connectivity index (χ2v) is 9.06. The normalized spacial score (nSPS) is 13.9. The number of esters is 2. The van der Waals surface area contributed by atoms with E-state index in [0.29, 0.717) is 12.3 Å². The van der Waals surface area contributed by atoms with Gasteiger partial charge in [0.25, 0.3) is 17.8 Å². The highest BCUT2D eigenvalue weighted by atomic mass is 35.5. The zero-order valence-corrected chi connectivity index (χ0v) is 24.8. The van der Waals surface area contributed by atoms with Crippen molar-refractivity contribution < 1.29 is 43.3 Å². The van der Waals surface area contributed by atoms with Crippen molar-refractivity contribution in [3.05, 3.63) is 79.8 Å². The minimum absolute atomic E-state index is 0.133. The van der Waals surface area contributed by atoms with Gasteiger partial charge in [-0.15, -0.1) is 0 Å². The van der Waals surface area contributed by atoms with Gasteiger partial charge in [0.2, 0.25) is 0 Å². The number of imide groups is 1. The van der Waals surface area contributed by atoms with Crippen LogP contribution < -0.4 is 15.2 Å². The number of nitrogens with zero attached hydrogens (tertiary/aromatic N) is 1. The molecule has 11 nitrogen and oxygen atoms in total. The van der Waals surface area contributed by atoms with E-state index in [1.807, 2.05) is 24.3 Å². The predicted molar refractivity (Wildman–Crippen MR) is 151 cm³/mol. The predicted octanol–water partition coefficient (Wildman–Crippen LogP) is 4.26. The summed E-state index contributed by atoms with van der Waals surface area (Å²) in [6.45, 7) is 1.80. The molecule has 2 heterocycles. The standard InChI is InChI=1S/C12H9Cl2NO3.C8H11NO.C4Cl2O3.C2H4O2/c1-18-8-4-2-7(3-5-8)6-15-11(16)9(13)10(14)12(15)17;1-10-8-4-2-7(6-9)3-5-8;5-1-2(6)4(8)9-3(1)7;1-2(3)4/h2-5H,6H2,1H3;2-5H,6,9H2,1H3;;1H3,(H,3,4). The fourth-order valence-electron chi connectivity index (χ4n) is 2.69. The van der Waals surface area contributed by atoms with Gasteiger partial charge < -0.3 is 25.1 Å². The average Bonchev–Trinajstić information content (AvgIpc) is 3.29. The Balaban J connectivity index is 0.000000310. The largest absolute Gasteiger partial charge is 0.497 e. The van der Waals surface area contributed by atoms with E-state index in [4.69, 9.17) is 71.5 Å². The van der Waals surface area contributed by atoms with E-state index in [1.54, 1.807) is 38.5 Å². The van der Waals surface area contributed by atoms with Crippen LogP contribution in [-0.2, 0) is 41.8 Å². The lowest BCUT2D eigenvalue weighted by Crippen LogP contribution is -2.30. The molecule has 0 saturated heterocycles. The molecule has 0 atom stereocenters. The number of hydrogen-bond acceptors (Lipinski definition) is 9. The lowest BCUT2D eigenvalue weighted by atomic mass is 10.2. The molecule has 2 aromatic carbocycles. The van der Waals surface area contributed by atoms with Crippen LogP contribution in [0.5, 0.6) is 11.5 Å². The van der Waals surface area contributed by atoms with Crippen molar-refractivity contribution >= 4 is 76.1 Å². The van der Waals surface area contributed by atoms with E-state index >= 15 is 0 Å². The summed E-state index contributed by atoms with van der Waals surface area (Å²) in [5.41, 5.74) is 7.31. The smallest absolute Gasteiger partial charge is 0.359 e. The van der Waals surface area contributed by atoms with E-state index in [1.165, 1.54) is 0 Å². The first-order chi connectivity index (χ1) is 19.3. The van der Waals surface area contributed by atoms with Crippen LogP contribution in [0.2, 0.25) is 0 Å². The Morgan fingerprint density at radius 1 is 0.756 bits per heavy atom. The zero-order chi connectivity index (χ0) is 31.3. The molecule has 0 spiro atoms. The molecule has 2 amide bonds. The van der Waals surface area contributed by atoms with Gasteiger partial charge in [-0.3, -0.25) is 19.3 Å². The number of ether oxygens (including phenoxy) is 3. The zero-order valence-electron chi connectivity index (χ0n) is 21.8. The first kappa shape index (κ1) is 35.4. The third kappa shape index (κ3) is 11.1. The van der Waals surface area contributed by atoms with E-state index in [9.17, 15) is 19.2 Å². The molecule has 220 valence electrons. The van der Waals surface area contributed by atoms with Gasteiger partial charge in [-0.1, -0.05) is 70.7 Å². The Labute approximate surface area is 254 Å². The van der Waals surface area contributed by atoms with Gasteiger partial charge in [-0.25, -0.2) is 9.59 Å². The molecule has 41 heavy (non-hydrogen) atoms. The third-order valence-electron chi connectivity index (χ3n) is 4.69. The highest BCUT2D eigenvalue weighted by Gasteiger charge is 2.36. The molecule has 0 aromatic heterocycles. The molecule has 0 unspecified atom stereocenters. The van der Waals surface area contributed by atoms with Gasteiger partial charge in [-0.2, -0.15) is 0 Å². The minimum Gasteiger partial charge on any atom is -0.497 e. The Morgan fingerprint density at radius 3 is 1.37 bits per heavy atom. The number of nitrogens with two attached hydrogens (primary N) is 1. The Kier molecular flexibility index (Phi) is 14.9. The first-order valence-corrected chi connectivity index (χ1v) is 12.7. The molecule has 2 aliphatic rings. The quantitative estimate of drug-likeness (QED) is 0.272. The van der Waals surface area contributed by atoms with E-state index < -0.39 is 29.7 Å². The number of benzene rings is 2. The highest BCUT2D eigenvalue weighted by Crippen LogP contribution is 2.28. The first-order valence-electron chi connectivity index (χ1n) is 11.2. The van der Waals surface area contributed by atoms with Crippen LogP contribution in [0.15, 0.2) is 68.7 Å². The summed E-state index contributed by atoms with van der Waals surface area (Å²) in [6, 6.07) is 14.7. The molecular weight excluding hydrogens is 626 g/mol. The molecule has 0 saturated carbocycles. The molecule has 0 bridgehead atoms. The van der Waals surface area contributed by atoms with Crippen molar-refractivity contribution in [3.8, 4) is 11.5 Å². The number of cyclic esters (lactones) is 2. The van der Waals surface area contributed by atoms with Gasteiger partial charge in [0.1, 0.15) is 21.6 Å². The number of carboxylic acid groups (broad SMARTS) is 1. The molecule has 2 aromatic rings. The number of carbonyl (C=O) groups is 5. The van der Waals surface area contributed by atoms with E-state index in [2.05, 4.69) is 4.74 Å². The van der Waals surface area contributed by atoms with Gasteiger partial charge in [0.05, 0.1) is 20.8 Å². The monoisotopic (exact) mass is 648 g/mol. The second kappa shape index (κ2) is 17.3. The molecule has 0 aliphatic carbocycles. The topological polar surface area (TPSA) is 163 Å². The van der Waals surface area contributed by atoms with Gasteiger partial charge >= 0.3 is 11.9 Å². The van der Waals surface area contributed by atoms with Gasteiger partial charge in [0, 0.05) is 13.5 Å². The van der Waals surface area contributed by atoms with Crippen LogP contribution in [-0.4, -0.2) is 53.9 Å². The van der Waals surface area contributed by atoms with Gasteiger partial charge in [0.15, 0.2) is 10.1 Å². The molecule has 0 radical (unpaired) electrons. The third-order valence-corrected chi connectivity index (χ3v) is 6.27. The minimum atomic E-state index is -0.883. The number of carbonyl (C=O) groups excluding carboxylic acids is 4. The van der Waals surface area contributed by atoms with Crippen LogP contribution in [0, 0.1) is 0 Å². The van der Waals surface area contributed by atoms with E-state index in [-0.39, 0.29) is 26.7 Å². The SMILES string of the molecule is CC(=O)O.COc1ccc(CN)cc1.COc1ccc(CN2C(=O)C(Cl)=C(Cl)C2=O)cc1.O=C1OC(=O)C(Cl)=C1Cl. The fraction of sp³-hybridized carbons (Fsp3) is 0.192. The lowest BCUT2D eigenvalue weighted by molar-refractivity contribution is -0.150. The van der Waals surface area contributed by atoms with Crippen molar-refractivity contribution in [2.45, 2.75) is 20.0 Å². The molecule has 4 rings (SSSR count). The summed E-state index contributed by atoms with van der Waals surface area (Å²) < 4.78 is 14.0. The number of aliphatic carboxylic acids is 1. The summed E-state index contributed by atoms with van der Waals surface area (Å²) in [6.07, 6.45) is 0. The fourth-order valence-corrected chi connectivity index (χ4v) is 3.29. The maximum atomic E-state index is 11.7. The highest BCUT2D eigenvalue weighted by molar-refractivity contribution is 6.58. The number of halogens is 4. The summed E-state index contributed by atoms with van der Waals surface area (Å²) in [5, 5.41) is 6.27. The molecule has 15 heteroatoms. The van der Waals surface area contributed by atoms with Crippen molar-refractivity contribution in [2.24, 2.45) is 5.73 Å². The molecule has 0 fully saturated rings. The van der Waals surface area contributed by atoms with Crippen LogP contribution in [0.4, 0.5) is 0 Å². The summed E-state index contributed by atoms with van der Waals surface area (Å²) >= 11 is 21.6. The Hall–Kier alpha value is -3.61. The maximum absolute atomic E-state index is 11.7. The number of carboxylic acids is 1. The second-order valence-electron chi connectivity index (χ2n) is 7.55. The Morgan fingerprint density at radius 2 is 1.10 bits per heavy atom. The average molecular weight is 650 g/mol. The number of rotatable bonds is 5. The van der Waals surface area contributed by atoms with Crippen LogP contribution in [0.1, 0.15) is 18.1 Å². The van der Waals surface area contributed by atoms with Crippen molar-refractivity contribution in [1.82, 2.24) is 4.90 Å². The number of methoxy groups -OCH3 is 2. The van der Waals surface area contributed by atoms with Crippen molar-refractivity contribution in [2.75, 3.05) is 14.2 Å². The molecule has 2 aliphatic heterocycles. The van der Waals surface area contributed by atoms with Crippen LogP contribution in [0.3, 0.4) is 0 Å². The van der Waals surface area contributed by atoms with Crippen molar-refractivity contribution in [3.63, 3.8) is 0 Å². The maximum Gasteiger partial charge on any atom is 0.359 e. The molecule has 3 N–H and O–H groups in total. The molecular formula is C26H24Cl4N2O9. The van der Waals surface area contributed by atoms with E-state index in [0.717, 1.165) is 28.7 Å². The van der Waals surface area contributed by atoms with Gasteiger partial charge in [-0.05, 0) is 35.4 Å². The summed E-state index contributed by atoms with van der Waals surface area (Å²) in [5.74, 6) is -2.16. The lowest BCUT2D eigenvalue weighted by Gasteiger charge is -2.14. The number of amides is 2.